The van der Waals surface area contributed by atoms with E-state index in [4.69, 9.17) is 4.74 Å². The smallest absolute Gasteiger partial charge is 0.336 e. The number of unbranched alkanes of at least 4 members (excludes halogenated alkanes) is 2. The van der Waals surface area contributed by atoms with Crippen molar-refractivity contribution in [3.8, 4) is 27.6 Å². The highest BCUT2D eigenvalue weighted by Crippen LogP contribution is 2.30. The number of benzene rings is 2. The van der Waals surface area contributed by atoms with E-state index in [1.807, 2.05) is 24.3 Å². The average Bonchev–Trinajstić information content (AvgIpc) is 3.31. The number of hydrogen-bond acceptors (Lipinski definition) is 5. The fraction of sp³-hybridized carbons (Fsp3) is 0.227. The second kappa shape index (κ2) is 8.45. The molecular formula is C22H21N3O3S. The summed E-state index contributed by atoms with van der Waals surface area (Å²) in [6.45, 7) is 2.91. The third-order valence-corrected chi connectivity index (χ3v) is 5.57. The molecular weight excluding hydrogens is 386 g/mol. The highest BCUT2D eigenvalue weighted by atomic mass is 32.1. The Morgan fingerprint density at radius 1 is 1.14 bits per heavy atom. The van der Waals surface area contributed by atoms with Crippen molar-refractivity contribution >= 4 is 22.3 Å². The Labute approximate surface area is 172 Å². The Kier molecular flexibility index (Phi) is 5.57. The van der Waals surface area contributed by atoms with Gasteiger partial charge in [-0.25, -0.2) is 14.3 Å². The second-order valence-electron chi connectivity index (χ2n) is 6.69. The van der Waals surface area contributed by atoms with Crippen LogP contribution in [0.3, 0.4) is 0 Å². The van der Waals surface area contributed by atoms with E-state index in [0.717, 1.165) is 34.3 Å². The van der Waals surface area contributed by atoms with Gasteiger partial charge in [0.2, 0.25) is 4.96 Å². The molecule has 2 heterocycles. The highest BCUT2D eigenvalue weighted by molar-refractivity contribution is 7.19. The lowest BCUT2D eigenvalue weighted by Crippen LogP contribution is -1.99. The maximum absolute atomic E-state index is 11.5. The van der Waals surface area contributed by atoms with Gasteiger partial charge in [-0.05, 0) is 36.8 Å². The van der Waals surface area contributed by atoms with E-state index in [1.165, 1.54) is 24.2 Å². The number of nitrogens with zero attached hydrogens (tertiary/aromatic N) is 3. The maximum atomic E-state index is 11.5. The average molecular weight is 407 g/mol. The number of carboxylic acids is 1. The molecule has 0 fully saturated rings. The summed E-state index contributed by atoms with van der Waals surface area (Å²) < 4.78 is 7.45. The first-order valence-electron chi connectivity index (χ1n) is 9.58. The van der Waals surface area contributed by atoms with Crippen LogP contribution in [0.5, 0.6) is 5.75 Å². The van der Waals surface area contributed by atoms with Crippen molar-refractivity contribution in [3.63, 3.8) is 0 Å². The molecule has 0 spiro atoms. The van der Waals surface area contributed by atoms with Gasteiger partial charge in [-0.1, -0.05) is 49.3 Å². The fourth-order valence-electron chi connectivity index (χ4n) is 3.08. The topological polar surface area (TPSA) is 76.7 Å². The molecule has 4 aromatic rings. The molecule has 0 bridgehead atoms. The van der Waals surface area contributed by atoms with Crippen LogP contribution in [0.15, 0.2) is 54.7 Å². The summed E-state index contributed by atoms with van der Waals surface area (Å²) in [5.41, 5.74) is 2.41. The van der Waals surface area contributed by atoms with Crippen LogP contribution in [0.2, 0.25) is 0 Å². The highest BCUT2D eigenvalue weighted by Gasteiger charge is 2.16. The van der Waals surface area contributed by atoms with Crippen LogP contribution >= 0.6 is 11.3 Å². The molecule has 29 heavy (non-hydrogen) atoms. The monoisotopic (exact) mass is 407 g/mol. The molecule has 0 aliphatic heterocycles. The Morgan fingerprint density at radius 3 is 2.66 bits per heavy atom. The van der Waals surface area contributed by atoms with Crippen molar-refractivity contribution in [3.05, 3.63) is 60.3 Å². The number of ether oxygens (including phenoxy) is 1. The van der Waals surface area contributed by atoms with Crippen molar-refractivity contribution in [2.75, 3.05) is 6.61 Å². The molecule has 2 aromatic carbocycles. The van der Waals surface area contributed by atoms with Gasteiger partial charge in [0.15, 0.2) is 0 Å². The van der Waals surface area contributed by atoms with Crippen LogP contribution in [-0.4, -0.2) is 32.3 Å². The number of hydrogen-bond donors (Lipinski definition) is 1. The Bertz CT molecular complexity index is 1100. The van der Waals surface area contributed by atoms with Crippen LogP contribution in [0.25, 0.3) is 26.8 Å². The molecule has 0 amide bonds. The Morgan fingerprint density at radius 2 is 1.93 bits per heavy atom. The van der Waals surface area contributed by atoms with Crippen molar-refractivity contribution in [2.45, 2.75) is 26.2 Å². The van der Waals surface area contributed by atoms with Crippen molar-refractivity contribution in [1.82, 2.24) is 14.6 Å². The third kappa shape index (κ3) is 4.14. The standard InChI is InChI=1S/C22H21N3O3S/c1-2-3-6-13-28-16-11-9-15(10-12-16)20-24-25-14-19(23-22(25)29-20)17-7-4-5-8-18(17)21(26)27/h4-5,7-12,14H,2-3,6,13H2,1H3,(H,26,27). The van der Waals surface area contributed by atoms with Crippen LogP contribution in [-0.2, 0) is 0 Å². The molecule has 0 unspecified atom stereocenters. The fourth-order valence-corrected chi connectivity index (χ4v) is 3.96. The van der Waals surface area contributed by atoms with Gasteiger partial charge in [-0.2, -0.15) is 5.10 Å². The minimum Gasteiger partial charge on any atom is -0.494 e. The molecule has 148 valence electrons. The van der Waals surface area contributed by atoms with Crippen molar-refractivity contribution < 1.29 is 14.6 Å². The molecule has 7 heteroatoms. The van der Waals surface area contributed by atoms with Crippen molar-refractivity contribution in [1.29, 1.82) is 0 Å². The number of imidazole rings is 1. The zero-order valence-corrected chi connectivity index (χ0v) is 16.9. The van der Waals surface area contributed by atoms with Gasteiger partial charge in [0, 0.05) is 11.1 Å². The summed E-state index contributed by atoms with van der Waals surface area (Å²) in [4.78, 5) is 16.8. The number of aromatic carboxylic acids is 1. The van der Waals surface area contributed by atoms with E-state index in [9.17, 15) is 9.90 Å². The van der Waals surface area contributed by atoms with Gasteiger partial charge in [-0.3, -0.25) is 0 Å². The van der Waals surface area contributed by atoms with Gasteiger partial charge in [0.25, 0.3) is 0 Å². The normalized spacial score (nSPS) is 11.1. The van der Waals surface area contributed by atoms with Gasteiger partial charge in [0.1, 0.15) is 10.8 Å². The largest absolute Gasteiger partial charge is 0.494 e. The first-order valence-corrected chi connectivity index (χ1v) is 10.4. The number of aromatic nitrogens is 3. The Balaban J connectivity index is 1.54. The Hall–Kier alpha value is -3.19. The van der Waals surface area contributed by atoms with Crippen LogP contribution in [0.1, 0.15) is 36.5 Å². The molecule has 4 rings (SSSR count). The van der Waals surface area contributed by atoms with E-state index in [1.54, 1.807) is 35.0 Å². The van der Waals surface area contributed by atoms with Crippen molar-refractivity contribution in [2.24, 2.45) is 0 Å². The number of rotatable bonds is 8. The molecule has 0 atom stereocenters. The maximum Gasteiger partial charge on any atom is 0.336 e. The first-order chi connectivity index (χ1) is 14.2. The minimum absolute atomic E-state index is 0.230. The number of carbonyl (C=O) groups is 1. The summed E-state index contributed by atoms with van der Waals surface area (Å²) in [6, 6.07) is 14.8. The van der Waals surface area contributed by atoms with Crippen LogP contribution in [0, 0.1) is 0 Å². The quantitative estimate of drug-likeness (QED) is 0.396. The van der Waals surface area contributed by atoms with Gasteiger partial charge < -0.3 is 9.84 Å². The summed E-state index contributed by atoms with van der Waals surface area (Å²) in [5.74, 6) is -0.110. The van der Waals surface area contributed by atoms with E-state index >= 15 is 0 Å². The lowest BCUT2D eigenvalue weighted by molar-refractivity contribution is 0.0697. The summed E-state index contributed by atoms with van der Waals surface area (Å²) in [5, 5.41) is 14.8. The molecule has 0 saturated carbocycles. The minimum atomic E-state index is -0.970. The summed E-state index contributed by atoms with van der Waals surface area (Å²) in [7, 11) is 0. The zero-order chi connectivity index (χ0) is 20.2. The van der Waals surface area contributed by atoms with Gasteiger partial charge in [0.05, 0.1) is 24.1 Å². The van der Waals surface area contributed by atoms with E-state index < -0.39 is 5.97 Å². The molecule has 2 aromatic heterocycles. The molecule has 1 N–H and O–H groups in total. The molecule has 0 saturated heterocycles. The summed E-state index contributed by atoms with van der Waals surface area (Å²) >= 11 is 1.46. The third-order valence-electron chi connectivity index (χ3n) is 4.59. The lowest BCUT2D eigenvalue weighted by atomic mass is 10.1. The van der Waals surface area contributed by atoms with Gasteiger partial charge >= 0.3 is 5.97 Å². The van der Waals surface area contributed by atoms with Gasteiger partial charge in [-0.15, -0.1) is 0 Å². The zero-order valence-electron chi connectivity index (χ0n) is 16.0. The number of fused-ring (bicyclic) bond motifs is 1. The van der Waals surface area contributed by atoms with Crippen LogP contribution in [0.4, 0.5) is 0 Å². The van der Waals surface area contributed by atoms with E-state index in [-0.39, 0.29) is 5.56 Å². The predicted octanol–water partition coefficient (Wildman–Crippen LogP) is 5.39. The van der Waals surface area contributed by atoms with Crippen LogP contribution < -0.4 is 4.74 Å². The molecule has 0 radical (unpaired) electrons. The molecule has 6 nitrogen and oxygen atoms in total. The van der Waals surface area contributed by atoms with E-state index in [2.05, 4.69) is 17.0 Å². The van der Waals surface area contributed by atoms with E-state index in [0.29, 0.717) is 11.3 Å². The lowest BCUT2D eigenvalue weighted by Gasteiger charge is -2.05. The second-order valence-corrected chi connectivity index (χ2v) is 7.65. The number of carboxylic acid groups (broad SMARTS) is 1. The summed E-state index contributed by atoms with van der Waals surface area (Å²) in [6.07, 6.45) is 5.19. The SMILES string of the molecule is CCCCCOc1ccc(-c2nn3cc(-c4ccccc4C(=O)O)nc3s2)cc1. The molecule has 0 aliphatic carbocycles. The first kappa shape index (κ1) is 19.1. The molecule has 0 aliphatic rings. The predicted molar refractivity (Wildman–Crippen MR) is 114 cm³/mol.